The molecule has 0 saturated heterocycles. The Balaban J connectivity index is 1.56. The zero-order valence-electron chi connectivity index (χ0n) is 18.6. The zero-order valence-corrected chi connectivity index (χ0v) is 18.6. The van der Waals surface area contributed by atoms with Crippen molar-refractivity contribution >= 4 is 17.8 Å². The molecule has 0 spiro atoms. The van der Waals surface area contributed by atoms with Gasteiger partial charge in [-0.05, 0) is 42.7 Å². The molecule has 34 heavy (non-hydrogen) atoms. The molecule has 0 aliphatic rings. The molecular weight excluding hydrogens is 437 g/mol. The normalized spacial score (nSPS) is 10.8. The van der Waals surface area contributed by atoms with Crippen molar-refractivity contribution in [2.45, 2.75) is 26.1 Å². The highest BCUT2D eigenvalue weighted by atomic mass is 19.1. The number of imidazole rings is 1. The van der Waals surface area contributed by atoms with Crippen molar-refractivity contribution in [3.8, 4) is 16.8 Å². The molecule has 8 nitrogen and oxygen atoms in total. The van der Waals surface area contributed by atoms with Crippen LogP contribution in [0.15, 0.2) is 73.2 Å². The molecule has 0 atom stereocenters. The number of carbonyl (C=O) groups is 2. The zero-order chi connectivity index (χ0) is 23.9. The quantitative estimate of drug-likeness (QED) is 0.373. The van der Waals surface area contributed by atoms with Crippen LogP contribution in [0.4, 0.5) is 10.3 Å². The Morgan fingerprint density at radius 3 is 2.62 bits per heavy atom. The number of methoxy groups -OCH3 is 1. The number of nitrogens with one attached hydrogen (secondary N) is 1. The van der Waals surface area contributed by atoms with E-state index >= 15 is 0 Å². The van der Waals surface area contributed by atoms with Gasteiger partial charge in [-0.2, -0.15) is 5.10 Å². The monoisotopic (exact) mass is 461 g/mol. The van der Waals surface area contributed by atoms with Crippen LogP contribution in [-0.4, -0.2) is 38.3 Å². The average Bonchev–Trinajstić information content (AvgIpc) is 3.52. The maximum atomic E-state index is 13.1. The summed E-state index contributed by atoms with van der Waals surface area (Å²) in [5.74, 6) is -0.225. The van der Waals surface area contributed by atoms with Crippen LogP contribution in [-0.2, 0) is 22.8 Å². The number of hydrogen-bond donors (Lipinski definition) is 1. The van der Waals surface area contributed by atoms with Crippen molar-refractivity contribution in [2.75, 3.05) is 12.4 Å². The van der Waals surface area contributed by atoms with E-state index in [0.29, 0.717) is 36.3 Å². The summed E-state index contributed by atoms with van der Waals surface area (Å²) in [5.41, 5.74) is 3.49. The third-order valence-electron chi connectivity index (χ3n) is 5.27. The molecule has 0 aliphatic heterocycles. The van der Waals surface area contributed by atoms with Crippen molar-refractivity contribution in [1.82, 2.24) is 19.3 Å². The molecule has 2 aromatic carbocycles. The van der Waals surface area contributed by atoms with Gasteiger partial charge in [0.15, 0.2) is 6.80 Å². The van der Waals surface area contributed by atoms with Crippen molar-refractivity contribution in [2.24, 2.45) is 0 Å². The lowest BCUT2D eigenvalue weighted by Gasteiger charge is -2.09. The third kappa shape index (κ3) is 5.37. The van der Waals surface area contributed by atoms with Gasteiger partial charge in [0.05, 0.1) is 19.0 Å². The average molecular weight is 461 g/mol. The van der Waals surface area contributed by atoms with Crippen LogP contribution in [0, 0.1) is 0 Å². The summed E-state index contributed by atoms with van der Waals surface area (Å²) < 4.78 is 20.5. The van der Waals surface area contributed by atoms with E-state index in [0.717, 1.165) is 16.9 Å². The number of carbonyl (C=O) groups excluding carboxylic acids is 2. The van der Waals surface area contributed by atoms with Gasteiger partial charge in [0.25, 0.3) is 5.91 Å². The van der Waals surface area contributed by atoms with E-state index in [1.165, 1.54) is 11.8 Å². The molecule has 4 rings (SSSR count). The van der Waals surface area contributed by atoms with Gasteiger partial charge in [0, 0.05) is 35.6 Å². The largest absolute Gasteiger partial charge is 0.469 e. The number of ether oxygens (including phenoxy) is 1. The first-order chi connectivity index (χ1) is 16.6. The smallest absolute Gasteiger partial charge is 0.305 e. The van der Waals surface area contributed by atoms with Crippen LogP contribution in [0.3, 0.4) is 0 Å². The molecule has 0 saturated carbocycles. The minimum absolute atomic E-state index is 0.270. The number of nitrogens with zero attached hydrogens (tertiary/aromatic N) is 4. The van der Waals surface area contributed by atoms with Crippen LogP contribution >= 0.6 is 0 Å². The van der Waals surface area contributed by atoms with E-state index in [-0.39, 0.29) is 11.9 Å². The highest BCUT2D eigenvalue weighted by molar-refractivity contribution is 6.04. The fourth-order valence-electron chi connectivity index (χ4n) is 3.53. The minimum Gasteiger partial charge on any atom is -0.469 e. The van der Waals surface area contributed by atoms with E-state index < -0.39 is 6.80 Å². The Morgan fingerprint density at radius 2 is 1.88 bits per heavy atom. The van der Waals surface area contributed by atoms with Gasteiger partial charge in [0.2, 0.25) is 5.95 Å². The number of rotatable bonds is 9. The molecule has 9 heteroatoms. The summed E-state index contributed by atoms with van der Waals surface area (Å²) in [7, 11) is 1.36. The van der Waals surface area contributed by atoms with Gasteiger partial charge >= 0.3 is 5.97 Å². The lowest BCUT2D eigenvalue weighted by molar-refractivity contribution is -0.140. The fourth-order valence-corrected chi connectivity index (χ4v) is 3.53. The van der Waals surface area contributed by atoms with Crippen LogP contribution in [0.25, 0.3) is 16.8 Å². The molecule has 2 heterocycles. The van der Waals surface area contributed by atoms with Gasteiger partial charge in [-0.3, -0.25) is 19.5 Å². The van der Waals surface area contributed by atoms with Crippen LogP contribution < -0.4 is 5.32 Å². The predicted octanol–water partition coefficient (Wildman–Crippen LogP) is 4.41. The molecule has 0 aliphatic carbocycles. The number of amides is 1. The molecular formula is C25H24FN5O3. The van der Waals surface area contributed by atoms with Gasteiger partial charge in [-0.15, -0.1) is 0 Å². The maximum absolute atomic E-state index is 13.1. The van der Waals surface area contributed by atoms with Crippen molar-refractivity contribution in [3.05, 3.63) is 84.4 Å². The Morgan fingerprint density at radius 1 is 1.06 bits per heavy atom. The molecule has 2 aromatic heterocycles. The summed E-state index contributed by atoms with van der Waals surface area (Å²) in [6.07, 6.45) is 6.43. The van der Waals surface area contributed by atoms with Crippen LogP contribution in [0.1, 0.15) is 28.9 Å². The summed E-state index contributed by atoms with van der Waals surface area (Å²) >= 11 is 0. The number of alkyl halides is 1. The first-order valence-electron chi connectivity index (χ1n) is 10.8. The second-order valence-electron chi connectivity index (χ2n) is 7.61. The highest BCUT2D eigenvalue weighted by Crippen LogP contribution is 2.22. The van der Waals surface area contributed by atoms with Crippen molar-refractivity contribution in [3.63, 3.8) is 0 Å². The van der Waals surface area contributed by atoms with Gasteiger partial charge in [-0.25, -0.2) is 14.1 Å². The molecule has 0 fully saturated rings. The Kier molecular flexibility index (Phi) is 7.12. The molecule has 0 bridgehead atoms. The summed E-state index contributed by atoms with van der Waals surface area (Å²) in [4.78, 5) is 29.1. The molecule has 0 radical (unpaired) electrons. The molecule has 1 amide bonds. The number of anilines is 1. The number of aryl methyl sites for hydroxylation is 1. The van der Waals surface area contributed by atoms with E-state index in [1.807, 2.05) is 42.6 Å². The second kappa shape index (κ2) is 10.6. The van der Waals surface area contributed by atoms with E-state index in [1.54, 1.807) is 35.2 Å². The molecule has 174 valence electrons. The first-order valence-corrected chi connectivity index (χ1v) is 10.8. The first kappa shape index (κ1) is 22.9. The van der Waals surface area contributed by atoms with Crippen LogP contribution in [0.5, 0.6) is 0 Å². The summed E-state index contributed by atoms with van der Waals surface area (Å²) in [6, 6.07) is 16.6. The van der Waals surface area contributed by atoms with E-state index in [4.69, 9.17) is 4.74 Å². The highest BCUT2D eigenvalue weighted by Gasteiger charge is 2.15. The summed E-state index contributed by atoms with van der Waals surface area (Å²) in [6.45, 7) is -0.718. The van der Waals surface area contributed by atoms with Gasteiger partial charge in [-0.1, -0.05) is 30.3 Å². The minimum atomic E-state index is -0.718. The number of benzene rings is 2. The van der Waals surface area contributed by atoms with Crippen molar-refractivity contribution < 1.29 is 18.7 Å². The molecule has 1 N–H and O–H groups in total. The van der Waals surface area contributed by atoms with Gasteiger partial charge in [0.1, 0.15) is 0 Å². The lowest BCUT2D eigenvalue weighted by Crippen LogP contribution is -2.15. The lowest BCUT2D eigenvalue weighted by atomic mass is 10.1. The Hall–Kier alpha value is -4.27. The van der Waals surface area contributed by atoms with Crippen molar-refractivity contribution in [1.29, 1.82) is 0 Å². The number of hydrogen-bond acceptors (Lipinski definition) is 5. The number of esters is 1. The van der Waals surface area contributed by atoms with Gasteiger partial charge < -0.3 is 4.74 Å². The molecule has 4 aromatic rings. The number of halogens is 1. The number of aromatic nitrogens is 4. The number of para-hydroxylation sites is 1. The third-order valence-corrected chi connectivity index (χ3v) is 5.27. The predicted molar refractivity (Wildman–Crippen MR) is 125 cm³/mol. The van der Waals surface area contributed by atoms with E-state index in [9.17, 15) is 14.0 Å². The topological polar surface area (TPSA) is 91.0 Å². The fraction of sp³-hybridized carbons (Fsp3) is 0.200. The second-order valence-corrected chi connectivity index (χ2v) is 7.61. The SMILES string of the molecule is COC(=O)CCCc1cn(-c2ccccc2)c(NC(=O)c2cccc(-c3cnn(CF)c3)c2)n1. The summed E-state index contributed by atoms with van der Waals surface area (Å²) in [5, 5.41) is 6.83. The standard InChI is InChI=1S/C25H24FN5O3/c1-34-23(32)12-6-9-21-16-31(22-10-3-2-4-11-22)25(28-21)29-24(33)19-8-5-7-18(13-19)20-14-27-30(15-20)17-26/h2-5,7-8,10-11,13-16H,6,9,12,17H2,1H3,(H,28,29,33). The van der Waals surface area contributed by atoms with E-state index in [2.05, 4.69) is 15.4 Å². The maximum Gasteiger partial charge on any atom is 0.305 e. The Labute approximate surface area is 196 Å². The molecule has 0 unspecified atom stereocenters. The Bertz CT molecular complexity index is 1280. The van der Waals surface area contributed by atoms with Crippen LogP contribution in [0.2, 0.25) is 0 Å².